The molecule has 0 saturated heterocycles. The number of carboxylic acid groups (broad SMARTS) is 1. The summed E-state index contributed by atoms with van der Waals surface area (Å²) in [4.78, 5) is 103. The molecule has 7 amide bonds. The van der Waals surface area contributed by atoms with Crippen LogP contribution in [0.2, 0.25) is 0 Å². The number of carboxylic acids is 1. The second-order valence-electron chi connectivity index (χ2n) is 15.6. The van der Waals surface area contributed by atoms with Crippen LogP contribution < -0.4 is 37.2 Å². The van der Waals surface area contributed by atoms with Crippen molar-refractivity contribution in [3.63, 3.8) is 0 Å². The molecule has 0 saturated carbocycles. The van der Waals surface area contributed by atoms with Crippen LogP contribution in [0.3, 0.4) is 0 Å². The Hall–Kier alpha value is -4.28. The highest BCUT2D eigenvalue weighted by Gasteiger charge is 2.37. The standard InChI is InChI=1S/C38H69N7O10/c1-11-13-14-15-16-17-29(47)39-20-30(48)40-25(8)32(49)41-26(18-22(3)4)34(51)45-38(9,10)37(55)43-28(21-46)33(50)44-31(24(7)12-2)35(52)42-27(36(53)54)19-23(5)6/h22-28,31,46H,11-21H2,1-10H3,(H,39,47)(H,40,48)(H,41,49)(H,42,52)(H,43,55)(H,44,50)(H,45,51)(H,53,54). The van der Waals surface area contributed by atoms with Gasteiger partial charge in [0.1, 0.15) is 35.7 Å². The Labute approximate surface area is 326 Å². The first-order valence-corrected chi connectivity index (χ1v) is 19.5. The average Bonchev–Trinajstić information content (AvgIpc) is 3.09. The molecule has 6 unspecified atom stereocenters. The molecule has 0 spiro atoms. The summed E-state index contributed by atoms with van der Waals surface area (Å²) in [5.74, 6) is -6.52. The van der Waals surface area contributed by atoms with Crippen molar-refractivity contribution in [2.45, 2.75) is 163 Å². The molecule has 0 aliphatic rings. The van der Waals surface area contributed by atoms with E-state index in [0.29, 0.717) is 12.8 Å². The van der Waals surface area contributed by atoms with Crippen LogP contribution in [0, 0.1) is 17.8 Å². The van der Waals surface area contributed by atoms with E-state index in [1.54, 1.807) is 27.7 Å². The molecule has 17 heteroatoms. The van der Waals surface area contributed by atoms with Crippen molar-refractivity contribution < 1.29 is 48.6 Å². The number of amides is 7. The highest BCUT2D eigenvalue weighted by atomic mass is 16.4. The third-order valence-electron chi connectivity index (χ3n) is 8.99. The molecule has 316 valence electrons. The molecular formula is C38H69N7O10. The van der Waals surface area contributed by atoms with E-state index in [0.717, 1.165) is 32.1 Å². The number of aliphatic hydroxyl groups is 1. The summed E-state index contributed by atoms with van der Waals surface area (Å²) in [6.07, 6.45) is 5.95. The third kappa shape index (κ3) is 20.3. The van der Waals surface area contributed by atoms with Crippen LogP contribution in [0.25, 0.3) is 0 Å². The maximum absolute atomic E-state index is 13.5. The van der Waals surface area contributed by atoms with E-state index in [9.17, 15) is 48.6 Å². The topological polar surface area (TPSA) is 261 Å². The molecule has 0 heterocycles. The molecule has 0 fully saturated rings. The summed E-state index contributed by atoms with van der Waals surface area (Å²) in [5.41, 5.74) is -1.67. The van der Waals surface area contributed by atoms with Crippen LogP contribution in [0.15, 0.2) is 0 Å². The van der Waals surface area contributed by atoms with E-state index in [1.807, 2.05) is 13.8 Å². The molecule has 0 aromatic carbocycles. The van der Waals surface area contributed by atoms with Gasteiger partial charge in [0.25, 0.3) is 0 Å². The number of rotatable bonds is 27. The monoisotopic (exact) mass is 784 g/mol. The number of hydrogen-bond acceptors (Lipinski definition) is 9. The number of hydrogen-bond donors (Lipinski definition) is 9. The van der Waals surface area contributed by atoms with Crippen LogP contribution >= 0.6 is 0 Å². The molecular weight excluding hydrogens is 714 g/mol. The predicted molar refractivity (Wildman–Crippen MR) is 207 cm³/mol. The second-order valence-corrected chi connectivity index (χ2v) is 15.6. The van der Waals surface area contributed by atoms with Crippen molar-refractivity contribution in [3.8, 4) is 0 Å². The summed E-state index contributed by atoms with van der Waals surface area (Å²) >= 11 is 0. The lowest BCUT2D eigenvalue weighted by Crippen LogP contribution is -2.64. The van der Waals surface area contributed by atoms with Gasteiger partial charge in [0.2, 0.25) is 41.4 Å². The normalized spacial score (nSPS) is 14.7. The summed E-state index contributed by atoms with van der Waals surface area (Å²) < 4.78 is 0. The highest BCUT2D eigenvalue weighted by molar-refractivity contribution is 5.98. The van der Waals surface area contributed by atoms with Gasteiger partial charge >= 0.3 is 5.97 Å². The van der Waals surface area contributed by atoms with Gasteiger partial charge in [-0.3, -0.25) is 33.6 Å². The van der Waals surface area contributed by atoms with E-state index in [4.69, 9.17) is 0 Å². The van der Waals surface area contributed by atoms with Crippen LogP contribution in [0.1, 0.15) is 127 Å². The molecule has 6 atom stereocenters. The van der Waals surface area contributed by atoms with Crippen LogP contribution in [-0.2, 0) is 38.4 Å². The molecule has 55 heavy (non-hydrogen) atoms. The minimum atomic E-state index is -1.67. The number of carbonyl (C=O) groups is 8. The maximum Gasteiger partial charge on any atom is 0.326 e. The van der Waals surface area contributed by atoms with Crippen molar-refractivity contribution in [2.75, 3.05) is 13.2 Å². The number of unbranched alkanes of at least 4 members (excludes halogenated alkanes) is 4. The van der Waals surface area contributed by atoms with Crippen LogP contribution in [0.5, 0.6) is 0 Å². The van der Waals surface area contributed by atoms with Crippen molar-refractivity contribution >= 4 is 47.3 Å². The van der Waals surface area contributed by atoms with Crippen LogP contribution in [-0.4, -0.2) is 106 Å². The SMILES string of the molecule is CCCCCCCC(=O)NCC(=O)NC(C)C(=O)NC(CC(C)C)C(=O)NC(C)(C)C(=O)NC(CO)C(=O)NC(C(=O)NC(CC(C)C)C(=O)O)C(C)CC. The first kappa shape index (κ1) is 50.7. The number of aliphatic hydroxyl groups excluding tert-OH is 1. The summed E-state index contributed by atoms with van der Waals surface area (Å²) in [7, 11) is 0. The second kappa shape index (κ2) is 25.7. The Bertz CT molecular complexity index is 1290. The lowest BCUT2D eigenvalue weighted by molar-refractivity contribution is -0.143. The van der Waals surface area contributed by atoms with Crippen molar-refractivity contribution in [1.29, 1.82) is 0 Å². The number of aliphatic carboxylic acids is 1. The fourth-order valence-corrected chi connectivity index (χ4v) is 5.41. The van der Waals surface area contributed by atoms with Gasteiger partial charge in [0.15, 0.2) is 0 Å². The molecule has 0 aliphatic carbocycles. The van der Waals surface area contributed by atoms with Gasteiger partial charge < -0.3 is 47.4 Å². The Kier molecular flexibility index (Phi) is 23.7. The average molecular weight is 784 g/mol. The molecule has 0 radical (unpaired) electrons. The van der Waals surface area contributed by atoms with Gasteiger partial charge in [-0.2, -0.15) is 0 Å². The minimum Gasteiger partial charge on any atom is -0.480 e. The van der Waals surface area contributed by atoms with E-state index < -0.39 is 89.7 Å². The molecule has 0 bridgehead atoms. The molecule has 0 aromatic heterocycles. The summed E-state index contributed by atoms with van der Waals surface area (Å²) in [6.45, 7) is 15.8. The van der Waals surface area contributed by atoms with E-state index in [-0.39, 0.29) is 37.1 Å². The molecule has 0 aromatic rings. The fraction of sp³-hybridized carbons (Fsp3) is 0.789. The van der Waals surface area contributed by atoms with Crippen LogP contribution in [0.4, 0.5) is 0 Å². The molecule has 0 aliphatic heterocycles. The predicted octanol–water partition coefficient (Wildman–Crippen LogP) is 1.02. The fourth-order valence-electron chi connectivity index (χ4n) is 5.41. The molecule has 9 N–H and O–H groups in total. The number of nitrogens with one attached hydrogen (secondary N) is 7. The third-order valence-corrected chi connectivity index (χ3v) is 8.99. The zero-order valence-electron chi connectivity index (χ0n) is 34.6. The van der Waals surface area contributed by atoms with E-state index >= 15 is 0 Å². The lowest BCUT2D eigenvalue weighted by Gasteiger charge is -2.31. The highest BCUT2D eigenvalue weighted by Crippen LogP contribution is 2.13. The van der Waals surface area contributed by atoms with Gasteiger partial charge in [-0.25, -0.2) is 4.79 Å². The minimum absolute atomic E-state index is 0.0370. The Morgan fingerprint density at radius 3 is 1.71 bits per heavy atom. The van der Waals surface area contributed by atoms with Crippen molar-refractivity contribution in [2.24, 2.45) is 17.8 Å². The Morgan fingerprint density at radius 2 is 1.18 bits per heavy atom. The van der Waals surface area contributed by atoms with Crippen molar-refractivity contribution in [1.82, 2.24) is 37.2 Å². The zero-order chi connectivity index (χ0) is 42.5. The van der Waals surface area contributed by atoms with Gasteiger partial charge in [0.05, 0.1) is 13.2 Å². The quantitative estimate of drug-likeness (QED) is 0.0535. The van der Waals surface area contributed by atoms with Gasteiger partial charge in [-0.05, 0) is 57.8 Å². The maximum atomic E-state index is 13.5. The number of carbonyl (C=O) groups excluding carboxylic acids is 7. The van der Waals surface area contributed by atoms with Crippen molar-refractivity contribution in [3.05, 3.63) is 0 Å². The Balaban J connectivity index is 5.52. The van der Waals surface area contributed by atoms with Gasteiger partial charge in [-0.15, -0.1) is 0 Å². The summed E-state index contributed by atoms with van der Waals surface area (Å²) in [5, 5.41) is 37.2. The van der Waals surface area contributed by atoms with Gasteiger partial charge in [-0.1, -0.05) is 80.6 Å². The first-order chi connectivity index (χ1) is 25.6. The Morgan fingerprint density at radius 1 is 0.618 bits per heavy atom. The largest absolute Gasteiger partial charge is 0.480 e. The van der Waals surface area contributed by atoms with E-state index in [1.165, 1.54) is 20.8 Å². The lowest BCUT2D eigenvalue weighted by atomic mass is 9.96. The zero-order valence-corrected chi connectivity index (χ0v) is 34.6. The first-order valence-electron chi connectivity index (χ1n) is 19.5. The van der Waals surface area contributed by atoms with Gasteiger partial charge in [0, 0.05) is 6.42 Å². The summed E-state index contributed by atoms with van der Waals surface area (Å²) in [6, 6.07) is -6.09. The molecule has 0 rings (SSSR count). The molecule has 17 nitrogen and oxygen atoms in total. The van der Waals surface area contributed by atoms with E-state index in [2.05, 4.69) is 44.1 Å². The smallest absolute Gasteiger partial charge is 0.326 e.